The van der Waals surface area contributed by atoms with Crippen LogP contribution in [0.5, 0.6) is 5.75 Å². The molecule has 4 nitrogen and oxygen atoms in total. The number of hydrogen-bond donors (Lipinski definition) is 1. The molecule has 0 aromatic heterocycles. The summed E-state index contributed by atoms with van der Waals surface area (Å²) in [7, 11) is 0. The van der Waals surface area contributed by atoms with Crippen LogP contribution in [0.3, 0.4) is 0 Å². The van der Waals surface area contributed by atoms with Gasteiger partial charge in [0.05, 0.1) is 12.6 Å². The molecule has 1 N–H and O–H groups in total. The van der Waals surface area contributed by atoms with Gasteiger partial charge in [-0.2, -0.15) is 0 Å². The highest BCUT2D eigenvalue weighted by molar-refractivity contribution is 5.56. The van der Waals surface area contributed by atoms with Gasteiger partial charge in [0.25, 0.3) is 5.92 Å². The summed E-state index contributed by atoms with van der Waals surface area (Å²) < 4.78 is 59.2. The molecule has 0 spiro atoms. The maximum absolute atomic E-state index is 15.5. The average Bonchev–Trinajstić information content (AvgIpc) is 2.74. The number of carbonyl (C=O) groups is 1. The van der Waals surface area contributed by atoms with Crippen LogP contribution in [0, 0.1) is 17.6 Å². The predicted molar refractivity (Wildman–Crippen MR) is 118 cm³/mol. The van der Waals surface area contributed by atoms with Gasteiger partial charge in [0.15, 0.2) is 0 Å². The van der Waals surface area contributed by atoms with Crippen LogP contribution < -0.4 is 4.90 Å². The molecule has 0 bridgehead atoms. The highest BCUT2D eigenvalue weighted by atomic mass is 19.3. The lowest BCUT2D eigenvalue weighted by Crippen LogP contribution is -2.48. The largest absolute Gasteiger partial charge is 0.508 e. The fraction of sp³-hybridized carbons (Fsp3) is 0.480. The lowest BCUT2D eigenvalue weighted by molar-refractivity contribution is -0.111. The van der Waals surface area contributed by atoms with Gasteiger partial charge >= 0.3 is 0 Å². The molecule has 1 fully saturated rings. The van der Waals surface area contributed by atoms with Gasteiger partial charge in [0, 0.05) is 43.2 Å². The van der Waals surface area contributed by atoms with E-state index in [2.05, 4.69) is 0 Å². The molecule has 1 saturated heterocycles. The molecule has 0 aliphatic carbocycles. The van der Waals surface area contributed by atoms with Gasteiger partial charge in [0.2, 0.25) is 0 Å². The quantitative estimate of drug-likeness (QED) is 0.495. The van der Waals surface area contributed by atoms with Gasteiger partial charge in [0.1, 0.15) is 23.7 Å². The molecule has 8 heteroatoms. The van der Waals surface area contributed by atoms with Gasteiger partial charge in [-0.25, -0.2) is 17.6 Å². The molecular formula is C25H28F4N2O2. The van der Waals surface area contributed by atoms with Crippen LogP contribution in [0.25, 0.3) is 0 Å². The van der Waals surface area contributed by atoms with Crippen molar-refractivity contribution >= 4 is 12.0 Å². The van der Waals surface area contributed by atoms with Crippen LogP contribution in [0.2, 0.25) is 0 Å². The number of anilines is 1. The second-order valence-electron chi connectivity index (χ2n) is 9.36. The van der Waals surface area contributed by atoms with Crippen molar-refractivity contribution in [2.45, 2.75) is 51.1 Å². The fourth-order valence-corrected chi connectivity index (χ4v) is 5.10. The van der Waals surface area contributed by atoms with Crippen molar-refractivity contribution in [3.05, 3.63) is 58.7 Å². The molecule has 33 heavy (non-hydrogen) atoms. The number of alkyl halides is 2. The fourth-order valence-electron chi connectivity index (χ4n) is 5.10. The van der Waals surface area contributed by atoms with E-state index in [1.807, 2.05) is 4.90 Å². The van der Waals surface area contributed by atoms with E-state index in [9.17, 15) is 18.7 Å². The Labute approximate surface area is 190 Å². The van der Waals surface area contributed by atoms with E-state index in [0.717, 1.165) is 13.2 Å². The number of carbonyl (C=O) groups excluding carboxylic acids is 1. The molecule has 2 heterocycles. The maximum atomic E-state index is 15.5. The number of phenolic OH excluding ortho intramolecular Hbond substituents is 1. The first-order chi connectivity index (χ1) is 15.6. The van der Waals surface area contributed by atoms with Gasteiger partial charge in [-0.15, -0.1) is 0 Å². The van der Waals surface area contributed by atoms with Crippen LogP contribution in [-0.4, -0.2) is 47.9 Å². The first kappa shape index (κ1) is 23.5. The number of hydrogen-bond acceptors (Lipinski definition) is 4. The number of aldehydes is 1. The summed E-state index contributed by atoms with van der Waals surface area (Å²) in [6.07, 6.45) is 2.53. The van der Waals surface area contributed by atoms with E-state index in [4.69, 9.17) is 0 Å². The first-order valence-corrected chi connectivity index (χ1v) is 11.2. The molecule has 2 atom stereocenters. The topological polar surface area (TPSA) is 43.8 Å². The van der Waals surface area contributed by atoms with Crippen molar-refractivity contribution in [3.63, 3.8) is 0 Å². The first-order valence-electron chi connectivity index (χ1n) is 11.2. The van der Waals surface area contributed by atoms with Crippen LogP contribution >= 0.6 is 0 Å². The van der Waals surface area contributed by atoms with Crippen LogP contribution in [0.1, 0.15) is 49.4 Å². The molecule has 4 rings (SSSR count). The maximum Gasteiger partial charge on any atom is 0.257 e. The molecule has 2 aliphatic heterocycles. The second-order valence-corrected chi connectivity index (χ2v) is 9.36. The normalized spacial score (nSPS) is 22.3. The highest BCUT2D eigenvalue weighted by Gasteiger charge is 2.40. The molecule has 0 amide bonds. The minimum Gasteiger partial charge on any atom is -0.508 e. The third kappa shape index (κ3) is 4.86. The number of fused-ring (bicyclic) bond motifs is 1. The van der Waals surface area contributed by atoms with E-state index in [1.165, 1.54) is 29.2 Å². The summed E-state index contributed by atoms with van der Waals surface area (Å²) in [5.74, 6) is -4.69. The zero-order valence-corrected chi connectivity index (χ0v) is 18.7. The highest BCUT2D eigenvalue weighted by Crippen LogP contribution is 2.43. The Morgan fingerprint density at radius 1 is 1.12 bits per heavy atom. The molecule has 0 unspecified atom stereocenters. The van der Waals surface area contributed by atoms with E-state index in [0.29, 0.717) is 49.2 Å². The Balaban J connectivity index is 1.77. The number of piperidine rings is 1. The average molecular weight is 465 g/mol. The summed E-state index contributed by atoms with van der Waals surface area (Å²) in [5, 5.41) is 9.90. The minimum atomic E-state index is -3.06. The Bertz CT molecular complexity index is 1010. The van der Waals surface area contributed by atoms with Crippen LogP contribution in [-0.2, 0) is 11.2 Å². The van der Waals surface area contributed by atoms with Crippen molar-refractivity contribution in [3.8, 4) is 5.75 Å². The Hall–Kier alpha value is -2.61. The van der Waals surface area contributed by atoms with Crippen molar-refractivity contribution in [1.29, 1.82) is 0 Å². The lowest BCUT2D eigenvalue weighted by atomic mass is 9.84. The smallest absolute Gasteiger partial charge is 0.257 e. The second kappa shape index (κ2) is 8.97. The van der Waals surface area contributed by atoms with Gasteiger partial charge < -0.3 is 14.8 Å². The van der Waals surface area contributed by atoms with Crippen molar-refractivity contribution in [2.75, 3.05) is 24.5 Å². The summed E-state index contributed by atoms with van der Waals surface area (Å²) in [6, 6.07) is 5.52. The van der Waals surface area contributed by atoms with E-state index >= 15 is 8.78 Å². The number of nitrogens with zero attached hydrogens (tertiary/aromatic N) is 2. The van der Waals surface area contributed by atoms with Crippen molar-refractivity contribution < 1.29 is 27.5 Å². The number of halogens is 4. The third-order valence-electron chi connectivity index (χ3n) is 6.73. The van der Waals surface area contributed by atoms with E-state index in [-0.39, 0.29) is 17.2 Å². The Morgan fingerprint density at radius 3 is 2.33 bits per heavy atom. The molecule has 2 aromatic rings. The van der Waals surface area contributed by atoms with Crippen LogP contribution in [0.4, 0.5) is 23.2 Å². The summed E-state index contributed by atoms with van der Waals surface area (Å²) in [5.41, 5.74) is 1.29. The van der Waals surface area contributed by atoms with Gasteiger partial charge in [-0.3, -0.25) is 4.90 Å². The SMILES string of the molecule is C[C@@H]1Cc2cc(O)ccc2[C@@H](c2c(F)cc(N3CCC(C=O)CC3)cc2F)N1CC(C)(F)F. The molecule has 2 aliphatic rings. The van der Waals surface area contributed by atoms with Crippen LogP contribution in [0.15, 0.2) is 30.3 Å². The Morgan fingerprint density at radius 2 is 1.76 bits per heavy atom. The lowest BCUT2D eigenvalue weighted by Gasteiger charge is -2.43. The van der Waals surface area contributed by atoms with E-state index < -0.39 is 36.2 Å². The van der Waals surface area contributed by atoms with Crippen molar-refractivity contribution in [1.82, 2.24) is 4.90 Å². The Kier molecular flexibility index (Phi) is 6.40. The van der Waals surface area contributed by atoms with Crippen molar-refractivity contribution in [2.24, 2.45) is 5.92 Å². The number of aromatic hydroxyl groups is 1. The summed E-state index contributed by atoms with van der Waals surface area (Å²) in [6.45, 7) is 2.91. The standard InChI is InChI=1S/C25H28F4N2O2/c1-15-9-17-10-19(33)3-4-20(17)24(31(15)14-25(2,28)29)23-21(26)11-18(12-22(23)27)30-7-5-16(13-32)6-8-30/h3-4,10-13,15-16,24,33H,5-9,14H2,1-2H3/t15-,24+/m1/s1. The molecule has 0 radical (unpaired) electrons. The minimum absolute atomic E-state index is 0.0176. The predicted octanol–water partition coefficient (Wildman–Crippen LogP) is 5.08. The molecule has 2 aromatic carbocycles. The third-order valence-corrected chi connectivity index (χ3v) is 6.73. The zero-order chi connectivity index (χ0) is 23.9. The monoisotopic (exact) mass is 464 g/mol. The number of benzene rings is 2. The number of rotatable bonds is 5. The van der Waals surface area contributed by atoms with E-state index in [1.54, 1.807) is 13.0 Å². The van der Waals surface area contributed by atoms with Gasteiger partial charge in [-0.1, -0.05) is 6.07 Å². The zero-order valence-electron chi connectivity index (χ0n) is 18.7. The number of phenols is 1. The summed E-state index contributed by atoms with van der Waals surface area (Å²) in [4.78, 5) is 14.3. The van der Waals surface area contributed by atoms with Gasteiger partial charge in [-0.05, 0) is 61.6 Å². The molecule has 0 saturated carbocycles. The molecular weight excluding hydrogens is 436 g/mol. The summed E-state index contributed by atoms with van der Waals surface area (Å²) >= 11 is 0. The molecule has 178 valence electrons.